The number of aryl methyl sites for hydroxylation is 1. The molecule has 1 heterocycles. The molecule has 0 bridgehead atoms. The molecule has 0 saturated heterocycles. The number of rotatable bonds is 7. The number of benzene rings is 1. The second-order valence-electron chi connectivity index (χ2n) is 5.43. The Balaban J connectivity index is 2.07. The Morgan fingerprint density at radius 1 is 1.09 bits per heavy atom. The van der Waals surface area contributed by atoms with E-state index in [9.17, 15) is 0 Å². The van der Waals surface area contributed by atoms with Crippen molar-refractivity contribution in [3.05, 3.63) is 36.2 Å². The first-order valence-corrected chi connectivity index (χ1v) is 7.70. The highest BCUT2D eigenvalue weighted by atomic mass is 16.5. The van der Waals surface area contributed by atoms with Gasteiger partial charge < -0.3 is 15.4 Å². The molecule has 1 aromatic carbocycles. The first kappa shape index (κ1) is 16.1. The van der Waals surface area contributed by atoms with Crippen LogP contribution in [0.2, 0.25) is 0 Å². The van der Waals surface area contributed by atoms with Gasteiger partial charge in [-0.05, 0) is 51.5 Å². The van der Waals surface area contributed by atoms with E-state index in [-0.39, 0.29) is 6.10 Å². The molecular weight excluding hydrogens is 276 g/mol. The van der Waals surface area contributed by atoms with E-state index in [1.807, 2.05) is 51.1 Å². The highest BCUT2D eigenvalue weighted by Crippen LogP contribution is 2.21. The van der Waals surface area contributed by atoms with Crippen molar-refractivity contribution in [1.29, 1.82) is 0 Å². The van der Waals surface area contributed by atoms with Gasteiger partial charge >= 0.3 is 0 Å². The Hall–Kier alpha value is -2.30. The van der Waals surface area contributed by atoms with E-state index < -0.39 is 0 Å². The zero-order valence-corrected chi connectivity index (χ0v) is 13.7. The Morgan fingerprint density at radius 2 is 1.77 bits per heavy atom. The largest absolute Gasteiger partial charge is 0.491 e. The first-order valence-electron chi connectivity index (χ1n) is 7.70. The van der Waals surface area contributed by atoms with Gasteiger partial charge in [0.2, 0.25) is 0 Å². The lowest BCUT2D eigenvalue weighted by Gasteiger charge is -2.12. The minimum atomic E-state index is 0.176. The highest BCUT2D eigenvalue weighted by molar-refractivity contribution is 5.60. The van der Waals surface area contributed by atoms with Gasteiger partial charge in [-0.25, -0.2) is 9.97 Å². The van der Waals surface area contributed by atoms with Gasteiger partial charge in [-0.1, -0.05) is 6.92 Å². The molecule has 0 aliphatic rings. The van der Waals surface area contributed by atoms with E-state index in [4.69, 9.17) is 4.74 Å². The summed E-state index contributed by atoms with van der Waals surface area (Å²) in [6, 6.07) is 9.78. The number of nitrogens with one attached hydrogen (secondary N) is 2. The fraction of sp³-hybridized carbons (Fsp3) is 0.412. The fourth-order valence-corrected chi connectivity index (χ4v) is 2.01. The molecule has 2 aromatic rings. The summed E-state index contributed by atoms with van der Waals surface area (Å²) in [7, 11) is 0. The minimum Gasteiger partial charge on any atom is -0.491 e. The quantitative estimate of drug-likeness (QED) is 0.805. The van der Waals surface area contributed by atoms with Crippen molar-refractivity contribution in [2.45, 2.75) is 40.2 Å². The highest BCUT2D eigenvalue weighted by Gasteiger charge is 2.03. The normalized spacial score (nSPS) is 10.6. The second-order valence-corrected chi connectivity index (χ2v) is 5.43. The van der Waals surface area contributed by atoms with E-state index >= 15 is 0 Å². The Morgan fingerprint density at radius 3 is 2.41 bits per heavy atom. The lowest BCUT2D eigenvalue weighted by atomic mass is 10.3. The summed E-state index contributed by atoms with van der Waals surface area (Å²) in [4.78, 5) is 8.79. The molecule has 0 saturated carbocycles. The molecule has 0 aliphatic heterocycles. The van der Waals surface area contributed by atoms with Crippen LogP contribution in [-0.2, 0) is 0 Å². The van der Waals surface area contributed by atoms with Gasteiger partial charge in [0, 0.05) is 18.3 Å². The van der Waals surface area contributed by atoms with E-state index in [0.717, 1.165) is 41.9 Å². The molecule has 118 valence electrons. The maximum Gasteiger partial charge on any atom is 0.136 e. The van der Waals surface area contributed by atoms with E-state index in [1.165, 1.54) is 0 Å². The summed E-state index contributed by atoms with van der Waals surface area (Å²) in [5.74, 6) is 3.23. The van der Waals surface area contributed by atoms with E-state index in [2.05, 4.69) is 27.5 Å². The average Bonchev–Trinajstić information content (AvgIpc) is 2.46. The van der Waals surface area contributed by atoms with Gasteiger partial charge in [-0.3, -0.25) is 0 Å². The van der Waals surface area contributed by atoms with Crippen molar-refractivity contribution in [3.8, 4) is 5.75 Å². The number of ether oxygens (including phenoxy) is 1. The van der Waals surface area contributed by atoms with Crippen LogP contribution in [-0.4, -0.2) is 22.6 Å². The van der Waals surface area contributed by atoms with Crippen LogP contribution in [0.15, 0.2) is 30.3 Å². The van der Waals surface area contributed by atoms with E-state index in [0.29, 0.717) is 0 Å². The number of nitrogens with zero attached hydrogens (tertiary/aromatic N) is 2. The van der Waals surface area contributed by atoms with Crippen LogP contribution in [0.4, 0.5) is 17.3 Å². The lowest BCUT2D eigenvalue weighted by Crippen LogP contribution is -2.06. The third kappa shape index (κ3) is 4.91. The Bertz CT molecular complexity index is 596. The summed E-state index contributed by atoms with van der Waals surface area (Å²) in [6.07, 6.45) is 1.24. The molecule has 0 fully saturated rings. The van der Waals surface area contributed by atoms with Crippen LogP contribution in [0, 0.1) is 6.92 Å². The van der Waals surface area contributed by atoms with Crippen LogP contribution in [0.5, 0.6) is 5.75 Å². The maximum absolute atomic E-state index is 5.64. The number of hydrogen-bond donors (Lipinski definition) is 2. The van der Waals surface area contributed by atoms with Crippen molar-refractivity contribution in [2.24, 2.45) is 0 Å². The monoisotopic (exact) mass is 300 g/mol. The number of hydrogen-bond acceptors (Lipinski definition) is 5. The molecule has 0 unspecified atom stereocenters. The summed E-state index contributed by atoms with van der Waals surface area (Å²) in [5.41, 5.74) is 0.968. The van der Waals surface area contributed by atoms with Gasteiger partial charge in [-0.15, -0.1) is 0 Å². The molecular formula is C17H24N4O. The van der Waals surface area contributed by atoms with Crippen molar-refractivity contribution < 1.29 is 4.74 Å². The van der Waals surface area contributed by atoms with E-state index in [1.54, 1.807) is 0 Å². The predicted octanol–water partition coefficient (Wildman–Crippen LogP) is 4.14. The first-order chi connectivity index (χ1) is 10.6. The Kier molecular flexibility index (Phi) is 5.58. The summed E-state index contributed by atoms with van der Waals surface area (Å²) in [5, 5.41) is 6.58. The molecule has 5 heteroatoms. The number of aromatic nitrogens is 2. The molecule has 0 atom stereocenters. The van der Waals surface area contributed by atoms with Crippen molar-refractivity contribution in [2.75, 3.05) is 17.2 Å². The van der Waals surface area contributed by atoms with Crippen LogP contribution in [0.1, 0.15) is 33.0 Å². The topological polar surface area (TPSA) is 59.1 Å². The lowest BCUT2D eigenvalue weighted by molar-refractivity contribution is 0.242. The molecule has 1 aromatic heterocycles. The van der Waals surface area contributed by atoms with Crippen LogP contribution >= 0.6 is 0 Å². The van der Waals surface area contributed by atoms with Gasteiger partial charge in [-0.2, -0.15) is 0 Å². The third-order valence-corrected chi connectivity index (χ3v) is 2.89. The van der Waals surface area contributed by atoms with Gasteiger partial charge in [0.25, 0.3) is 0 Å². The molecule has 0 radical (unpaired) electrons. The zero-order chi connectivity index (χ0) is 15.9. The maximum atomic E-state index is 5.64. The van der Waals surface area contributed by atoms with Crippen molar-refractivity contribution >= 4 is 17.3 Å². The molecule has 5 nitrogen and oxygen atoms in total. The smallest absolute Gasteiger partial charge is 0.136 e. The molecule has 0 aliphatic carbocycles. The number of anilines is 3. The molecule has 0 amide bonds. The Labute approximate surface area is 132 Å². The molecule has 2 rings (SSSR count). The second kappa shape index (κ2) is 7.64. The fourth-order valence-electron chi connectivity index (χ4n) is 2.01. The minimum absolute atomic E-state index is 0.176. The molecule has 0 spiro atoms. The molecule has 22 heavy (non-hydrogen) atoms. The van der Waals surface area contributed by atoms with Crippen LogP contribution in [0.3, 0.4) is 0 Å². The standard InChI is InChI=1S/C17H24N4O/c1-5-10-18-16-11-17(20-13(4)19-16)21-14-6-8-15(9-7-14)22-12(2)3/h6-9,11-12H,5,10H2,1-4H3,(H2,18,19,20,21). The third-order valence-electron chi connectivity index (χ3n) is 2.89. The van der Waals surface area contributed by atoms with Crippen molar-refractivity contribution in [3.63, 3.8) is 0 Å². The predicted molar refractivity (Wildman–Crippen MR) is 91.0 cm³/mol. The van der Waals surface area contributed by atoms with Crippen molar-refractivity contribution in [1.82, 2.24) is 9.97 Å². The van der Waals surface area contributed by atoms with Gasteiger partial charge in [0.1, 0.15) is 23.2 Å². The summed E-state index contributed by atoms with van der Waals surface area (Å²) in [6.45, 7) is 8.95. The van der Waals surface area contributed by atoms with Gasteiger partial charge in [0.15, 0.2) is 0 Å². The molecule has 2 N–H and O–H groups in total. The van der Waals surface area contributed by atoms with Crippen LogP contribution < -0.4 is 15.4 Å². The van der Waals surface area contributed by atoms with Crippen LogP contribution in [0.25, 0.3) is 0 Å². The summed E-state index contributed by atoms with van der Waals surface area (Å²) >= 11 is 0. The SMILES string of the molecule is CCCNc1cc(Nc2ccc(OC(C)C)cc2)nc(C)n1. The average molecular weight is 300 g/mol. The summed E-state index contributed by atoms with van der Waals surface area (Å²) < 4.78 is 5.64. The van der Waals surface area contributed by atoms with Gasteiger partial charge in [0.05, 0.1) is 6.10 Å². The zero-order valence-electron chi connectivity index (χ0n) is 13.7.